The highest BCUT2D eigenvalue weighted by Crippen LogP contribution is 2.40. The minimum absolute atomic E-state index is 0.0542. The molecule has 1 N–H and O–H groups in total. The van der Waals surface area contributed by atoms with E-state index in [1.807, 2.05) is 16.8 Å². The van der Waals surface area contributed by atoms with Crippen LogP contribution in [0.2, 0.25) is 0 Å². The van der Waals surface area contributed by atoms with Crippen molar-refractivity contribution in [1.82, 2.24) is 9.80 Å². The summed E-state index contributed by atoms with van der Waals surface area (Å²) in [4.78, 5) is 16.5. The van der Waals surface area contributed by atoms with Gasteiger partial charge >= 0.3 is 6.03 Å². The van der Waals surface area contributed by atoms with Gasteiger partial charge in [-0.2, -0.15) is 0 Å². The van der Waals surface area contributed by atoms with Crippen LogP contribution in [-0.2, 0) is 4.74 Å². The lowest BCUT2D eigenvalue weighted by Crippen LogP contribution is -2.46. The number of carbonyl (C=O) groups is 1. The maximum Gasteiger partial charge on any atom is 0.320 e. The van der Waals surface area contributed by atoms with E-state index in [1.165, 1.54) is 19.3 Å². The molecule has 0 aromatic heterocycles. The Labute approximate surface area is 114 Å². The Balaban J connectivity index is 1.75. The number of hydrogen-bond donors (Lipinski definition) is 1. The van der Waals surface area contributed by atoms with Crippen molar-refractivity contribution in [1.29, 1.82) is 0 Å². The lowest BCUT2D eigenvalue weighted by Gasteiger charge is -2.38. The van der Waals surface area contributed by atoms with Crippen molar-refractivity contribution in [2.45, 2.75) is 62.8 Å². The number of hydrogen-bond acceptors (Lipinski definition) is 3. The molecule has 1 spiro atoms. The Morgan fingerprint density at radius 2 is 2.05 bits per heavy atom. The van der Waals surface area contributed by atoms with Crippen molar-refractivity contribution in [3.05, 3.63) is 0 Å². The molecule has 3 rings (SSSR count). The van der Waals surface area contributed by atoms with Crippen molar-refractivity contribution in [2.75, 3.05) is 20.2 Å². The number of likely N-dealkylation sites (N-methyl/N-ethyl adjacent to an activating group) is 1. The number of aliphatic hydroxyl groups excluding tert-OH is 1. The molecule has 2 aliphatic heterocycles. The highest BCUT2D eigenvalue weighted by Gasteiger charge is 2.50. The summed E-state index contributed by atoms with van der Waals surface area (Å²) in [6.07, 6.45) is 6.67. The second-order valence-corrected chi connectivity index (χ2v) is 6.26. The number of ether oxygens (including phenoxy) is 1. The van der Waals surface area contributed by atoms with Gasteiger partial charge in [-0.05, 0) is 19.3 Å². The van der Waals surface area contributed by atoms with Crippen LogP contribution in [0.4, 0.5) is 4.79 Å². The third kappa shape index (κ3) is 2.23. The fraction of sp³-hybridized carbons (Fsp3) is 0.929. The summed E-state index contributed by atoms with van der Waals surface area (Å²) in [6.45, 7) is 1.38. The molecule has 1 aliphatic carbocycles. The zero-order chi connectivity index (χ0) is 13.5. The highest BCUT2D eigenvalue weighted by atomic mass is 16.6. The average molecular weight is 268 g/mol. The van der Waals surface area contributed by atoms with Crippen LogP contribution < -0.4 is 0 Å². The summed E-state index contributed by atoms with van der Waals surface area (Å²) in [6, 6.07) is 0.279. The molecule has 2 atom stereocenters. The number of nitrogens with zero attached hydrogens (tertiary/aromatic N) is 2. The Morgan fingerprint density at radius 1 is 1.32 bits per heavy atom. The van der Waals surface area contributed by atoms with Gasteiger partial charge in [0.05, 0.1) is 12.1 Å². The normalized spacial score (nSPS) is 35.2. The van der Waals surface area contributed by atoms with Crippen LogP contribution in [0.25, 0.3) is 0 Å². The van der Waals surface area contributed by atoms with E-state index in [2.05, 4.69) is 0 Å². The maximum absolute atomic E-state index is 12.5. The third-order valence-electron chi connectivity index (χ3n) is 5.17. The monoisotopic (exact) mass is 268 g/mol. The molecular formula is C14H24N2O3. The van der Waals surface area contributed by atoms with Gasteiger partial charge < -0.3 is 19.6 Å². The first kappa shape index (κ1) is 13.2. The lowest BCUT2D eigenvalue weighted by atomic mass is 9.81. The van der Waals surface area contributed by atoms with Gasteiger partial charge in [0, 0.05) is 26.1 Å². The molecule has 5 heteroatoms. The summed E-state index contributed by atoms with van der Waals surface area (Å²) in [7, 11) is 1.95. The summed E-state index contributed by atoms with van der Waals surface area (Å²) < 4.78 is 5.17. The molecule has 0 radical (unpaired) electrons. The Bertz CT molecular complexity index is 355. The van der Waals surface area contributed by atoms with Crippen LogP contribution in [-0.4, -0.2) is 59.0 Å². The topological polar surface area (TPSA) is 53.0 Å². The molecule has 0 bridgehead atoms. The summed E-state index contributed by atoms with van der Waals surface area (Å²) in [5.74, 6) is 0. The van der Waals surface area contributed by atoms with Gasteiger partial charge in [0.15, 0.2) is 6.29 Å². The number of aliphatic hydroxyl groups is 1. The third-order valence-corrected chi connectivity index (χ3v) is 5.17. The molecule has 3 aliphatic rings. The molecule has 5 nitrogen and oxygen atoms in total. The highest BCUT2D eigenvalue weighted by molar-refractivity contribution is 5.78. The van der Waals surface area contributed by atoms with Crippen molar-refractivity contribution in [3.8, 4) is 0 Å². The summed E-state index contributed by atoms with van der Waals surface area (Å²) >= 11 is 0. The fourth-order valence-corrected chi connectivity index (χ4v) is 3.92. The first-order valence-electron chi connectivity index (χ1n) is 7.46. The van der Waals surface area contributed by atoms with E-state index < -0.39 is 6.29 Å². The van der Waals surface area contributed by atoms with E-state index in [0.29, 0.717) is 13.0 Å². The molecule has 1 saturated carbocycles. The van der Waals surface area contributed by atoms with Crippen LogP contribution in [0.1, 0.15) is 44.9 Å². The van der Waals surface area contributed by atoms with E-state index in [0.717, 1.165) is 25.8 Å². The van der Waals surface area contributed by atoms with E-state index in [9.17, 15) is 9.90 Å². The van der Waals surface area contributed by atoms with E-state index >= 15 is 0 Å². The predicted molar refractivity (Wildman–Crippen MR) is 70.7 cm³/mol. The van der Waals surface area contributed by atoms with Crippen LogP contribution in [0, 0.1) is 0 Å². The Morgan fingerprint density at radius 3 is 2.74 bits per heavy atom. The summed E-state index contributed by atoms with van der Waals surface area (Å²) in [5, 5.41) is 9.62. The van der Waals surface area contributed by atoms with E-state index in [-0.39, 0.29) is 17.6 Å². The lowest BCUT2D eigenvalue weighted by molar-refractivity contribution is -0.139. The van der Waals surface area contributed by atoms with Gasteiger partial charge in [-0.1, -0.05) is 19.3 Å². The molecule has 2 heterocycles. The second-order valence-electron chi connectivity index (χ2n) is 6.26. The Kier molecular flexibility index (Phi) is 3.43. The fourth-order valence-electron chi connectivity index (χ4n) is 3.92. The molecule has 0 aromatic rings. The van der Waals surface area contributed by atoms with Crippen molar-refractivity contribution in [2.24, 2.45) is 0 Å². The van der Waals surface area contributed by atoms with Crippen molar-refractivity contribution >= 4 is 6.03 Å². The first-order chi connectivity index (χ1) is 9.12. The summed E-state index contributed by atoms with van der Waals surface area (Å²) in [5.41, 5.74) is 0.0542. The predicted octanol–water partition coefficient (Wildman–Crippen LogP) is 1.55. The average Bonchev–Trinajstić information content (AvgIpc) is 2.66. The molecule has 3 fully saturated rings. The largest absolute Gasteiger partial charge is 0.368 e. The molecule has 2 unspecified atom stereocenters. The van der Waals surface area contributed by atoms with Crippen LogP contribution in [0.15, 0.2) is 0 Å². The first-order valence-corrected chi connectivity index (χ1v) is 7.46. The van der Waals surface area contributed by atoms with Crippen LogP contribution in [0.5, 0.6) is 0 Å². The van der Waals surface area contributed by atoms with Crippen molar-refractivity contribution < 1.29 is 14.6 Å². The minimum Gasteiger partial charge on any atom is -0.368 e. The number of carbonyl (C=O) groups excluding carboxylic acids is 1. The SMILES string of the molecule is CN1C(=O)N(C2CCOC(O)C2)CC12CCCCC2. The second kappa shape index (κ2) is 4.94. The molecule has 2 saturated heterocycles. The maximum atomic E-state index is 12.5. The van der Waals surface area contributed by atoms with Gasteiger partial charge in [0.2, 0.25) is 0 Å². The Hall–Kier alpha value is -0.810. The molecular weight excluding hydrogens is 244 g/mol. The van der Waals surface area contributed by atoms with Crippen molar-refractivity contribution in [3.63, 3.8) is 0 Å². The smallest absolute Gasteiger partial charge is 0.320 e. The quantitative estimate of drug-likeness (QED) is 0.785. The molecule has 108 valence electrons. The van der Waals surface area contributed by atoms with E-state index in [4.69, 9.17) is 4.74 Å². The molecule has 19 heavy (non-hydrogen) atoms. The van der Waals surface area contributed by atoms with Gasteiger partial charge in [0.25, 0.3) is 0 Å². The van der Waals surface area contributed by atoms with Gasteiger partial charge in [-0.15, -0.1) is 0 Å². The standard InChI is InChI=1S/C14H24N2O3/c1-15-13(18)16(11-5-8-19-12(17)9-11)10-14(15)6-3-2-4-7-14/h11-12,17H,2-10H2,1H3. The van der Waals surface area contributed by atoms with Crippen LogP contribution in [0.3, 0.4) is 0 Å². The number of rotatable bonds is 1. The van der Waals surface area contributed by atoms with E-state index in [1.54, 1.807) is 0 Å². The molecule has 0 aromatic carbocycles. The van der Waals surface area contributed by atoms with Gasteiger partial charge in [-0.25, -0.2) is 4.79 Å². The molecule has 2 amide bonds. The number of urea groups is 1. The van der Waals surface area contributed by atoms with Gasteiger partial charge in [-0.3, -0.25) is 0 Å². The number of amides is 2. The van der Waals surface area contributed by atoms with Gasteiger partial charge in [0.1, 0.15) is 0 Å². The zero-order valence-corrected chi connectivity index (χ0v) is 11.7. The minimum atomic E-state index is -0.709. The zero-order valence-electron chi connectivity index (χ0n) is 11.7. The van der Waals surface area contributed by atoms with Crippen LogP contribution >= 0.6 is 0 Å².